The molecule has 4 rings (SSSR count). The summed E-state index contributed by atoms with van der Waals surface area (Å²) in [6.07, 6.45) is 3.25. The molecule has 0 radical (unpaired) electrons. The fourth-order valence-electron chi connectivity index (χ4n) is 2.80. The number of nitrogens with one attached hydrogen (secondary N) is 2. The third-order valence-corrected chi connectivity index (χ3v) is 5.56. The molecule has 9 heteroatoms. The summed E-state index contributed by atoms with van der Waals surface area (Å²) in [5.41, 5.74) is 2.15. The fourth-order valence-corrected chi connectivity index (χ4v) is 3.88. The Hall–Kier alpha value is -3.46. The van der Waals surface area contributed by atoms with E-state index in [1.54, 1.807) is 18.5 Å². The number of halogens is 1. The largest absolute Gasteiger partial charge is 0.496 e. The number of H-pyrrole nitrogens is 1. The number of aromatic amines is 1. The first-order chi connectivity index (χ1) is 13.5. The van der Waals surface area contributed by atoms with E-state index in [1.165, 1.54) is 43.5 Å². The molecule has 0 aliphatic heterocycles. The molecule has 0 bridgehead atoms. The summed E-state index contributed by atoms with van der Waals surface area (Å²) in [5, 5.41) is 7.50. The summed E-state index contributed by atoms with van der Waals surface area (Å²) in [5.74, 6) is 0.0576. The van der Waals surface area contributed by atoms with Gasteiger partial charge in [0.25, 0.3) is 10.0 Å². The van der Waals surface area contributed by atoms with Crippen LogP contribution in [0, 0.1) is 5.82 Å². The highest BCUT2D eigenvalue weighted by molar-refractivity contribution is 7.92. The van der Waals surface area contributed by atoms with Crippen molar-refractivity contribution < 1.29 is 17.5 Å². The summed E-state index contributed by atoms with van der Waals surface area (Å²) in [6.45, 7) is 0. The van der Waals surface area contributed by atoms with Crippen LogP contribution in [0.25, 0.3) is 22.2 Å². The summed E-state index contributed by atoms with van der Waals surface area (Å²) in [4.78, 5) is 4.33. The van der Waals surface area contributed by atoms with Crippen LogP contribution in [-0.2, 0) is 10.0 Å². The van der Waals surface area contributed by atoms with Gasteiger partial charge >= 0.3 is 0 Å². The minimum Gasteiger partial charge on any atom is -0.496 e. The number of anilines is 1. The van der Waals surface area contributed by atoms with Crippen LogP contribution < -0.4 is 9.46 Å². The topological polar surface area (TPSA) is 97.0 Å². The van der Waals surface area contributed by atoms with Crippen LogP contribution in [0.4, 0.5) is 10.1 Å². The lowest BCUT2D eigenvalue weighted by molar-refractivity contribution is 0.416. The lowest BCUT2D eigenvalue weighted by atomic mass is 10.1. The van der Waals surface area contributed by atoms with Crippen molar-refractivity contribution >= 4 is 26.7 Å². The average Bonchev–Trinajstić information content (AvgIpc) is 3.17. The number of hydrogen-bond acceptors (Lipinski definition) is 5. The van der Waals surface area contributed by atoms with Gasteiger partial charge in [0.2, 0.25) is 0 Å². The minimum absolute atomic E-state index is 0.0416. The van der Waals surface area contributed by atoms with Gasteiger partial charge in [-0.05, 0) is 48.5 Å². The van der Waals surface area contributed by atoms with E-state index in [1.807, 2.05) is 6.07 Å². The molecule has 0 aliphatic carbocycles. The number of sulfonamides is 1. The van der Waals surface area contributed by atoms with E-state index in [4.69, 9.17) is 4.74 Å². The molecule has 0 aliphatic rings. The maximum absolute atomic E-state index is 13.1. The van der Waals surface area contributed by atoms with E-state index in [2.05, 4.69) is 19.9 Å². The van der Waals surface area contributed by atoms with Gasteiger partial charge in [0.15, 0.2) is 5.65 Å². The van der Waals surface area contributed by atoms with Crippen molar-refractivity contribution in [1.82, 2.24) is 15.2 Å². The number of methoxy groups -OCH3 is 1. The van der Waals surface area contributed by atoms with Crippen molar-refractivity contribution in [2.45, 2.75) is 4.90 Å². The first-order valence-corrected chi connectivity index (χ1v) is 9.70. The highest BCUT2D eigenvalue weighted by Crippen LogP contribution is 2.33. The van der Waals surface area contributed by atoms with Crippen LogP contribution >= 0.6 is 0 Å². The van der Waals surface area contributed by atoms with E-state index < -0.39 is 15.8 Å². The normalized spacial score (nSPS) is 11.5. The monoisotopic (exact) mass is 398 g/mol. The molecule has 28 heavy (non-hydrogen) atoms. The Balaban J connectivity index is 1.76. The second-order valence-electron chi connectivity index (χ2n) is 6.01. The molecular weight excluding hydrogens is 383 g/mol. The predicted molar refractivity (Wildman–Crippen MR) is 103 cm³/mol. The van der Waals surface area contributed by atoms with Gasteiger partial charge in [0.05, 0.1) is 18.2 Å². The average molecular weight is 398 g/mol. The van der Waals surface area contributed by atoms with Gasteiger partial charge in [0, 0.05) is 28.4 Å². The summed E-state index contributed by atoms with van der Waals surface area (Å²) in [7, 11) is -2.37. The SMILES string of the molecule is COc1ccc(S(=O)(=O)Nc2ccc(F)cc2)cc1-c1cnc2[nH]ncc2c1. The Labute approximate surface area is 160 Å². The van der Waals surface area contributed by atoms with Gasteiger partial charge in [0.1, 0.15) is 11.6 Å². The molecule has 2 N–H and O–H groups in total. The Morgan fingerprint density at radius 1 is 1.07 bits per heavy atom. The number of fused-ring (bicyclic) bond motifs is 1. The standard InChI is InChI=1S/C19H15FN4O3S/c1-27-18-7-6-16(28(25,26)24-15-4-2-14(20)3-5-15)9-17(18)12-8-13-11-22-23-19(13)21-10-12/h2-11,24H,1H3,(H,21,22,23). The van der Waals surface area contributed by atoms with E-state index in [9.17, 15) is 12.8 Å². The highest BCUT2D eigenvalue weighted by Gasteiger charge is 2.18. The fraction of sp³-hybridized carbons (Fsp3) is 0.0526. The summed E-state index contributed by atoms with van der Waals surface area (Å²) < 4.78 is 46.4. The van der Waals surface area contributed by atoms with Gasteiger partial charge in [-0.3, -0.25) is 9.82 Å². The molecule has 2 aromatic carbocycles. The highest BCUT2D eigenvalue weighted by atomic mass is 32.2. The van der Waals surface area contributed by atoms with Crippen molar-refractivity contribution in [1.29, 1.82) is 0 Å². The van der Waals surface area contributed by atoms with Crippen LogP contribution in [0.1, 0.15) is 0 Å². The Morgan fingerprint density at radius 2 is 1.86 bits per heavy atom. The molecule has 0 saturated carbocycles. The van der Waals surface area contributed by atoms with Crippen molar-refractivity contribution in [2.75, 3.05) is 11.8 Å². The quantitative estimate of drug-likeness (QED) is 0.536. The zero-order valence-corrected chi connectivity index (χ0v) is 15.5. The maximum atomic E-state index is 13.1. The molecule has 142 valence electrons. The van der Waals surface area contributed by atoms with E-state index in [-0.39, 0.29) is 10.6 Å². The smallest absolute Gasteiger partial charge is 0.261 e. The summed E-state index contributed by atoms with van der Waals surface area (Å²) >= 11 is 0. The van der Waals surface area contributed by atoms with E-state index in [0.29, 0.717) is 22.5 Å². The molecule has 0 fully saturated rings. The lowest BCUT2D eigenvalue weighted by Gasteiger charge is -2.13. The number of nitrogens with zero attached hydrogens (tertiary/aromatic N) is 2. The number of hydrogen-bond donors (Lipinski definition) is 2. The number of ether oxygens (including phenoxy) is 1. The third kappa shape index (κ3) is 3.39. The minimum atomic E-state index is -3.88. The van der Waals surface area contributed by atoms with Gasteiger partial charge in [-0.2, -0.15) is 5.10 Å². The second-order valence-corrected chi connectivity index (χ2v) is 7.69. The molecule has 2 heterocycles. The van der Waals surface area contributed by atoms with Crippen LogP contribution in [0.5, 0.6) is 5.75 Å². The Bertz CT molecular complexity index is 1250. The van der Waals surface area contributed by atoms with Crippen LogP contribution in [0.2, 0.25) is 0 Å². The maximum Gasteiger partial charge on any atom is 0.261 e. The molecule has 0 amide bonds. The van der Waals surface area contributed by atoms with Gasteiger partial charge < -0.3 is 4.74 Å². The number of pyridine rings is 1. The van der Waals surface area contributed by atoms with Gasteiger partial charge in [-0.25, -0.2) is 17.8 Å². The first-order valence-electron chi connectivity index (χ1n) is 8.22. The predicted octanol–water partition coefficient (Wildman–Crippen LogP) is 3.57. The second kappa shape index (κ2) is 6.93. The molecule has 0 unspecified atom stereocenters. The van der Waals surface area contributed by atoms with Crippen molar-refractivity contribution in [2.24, 2.45) is 0 Å². The molecular formula is C19H15FN4O3S. The van der Waals surface area contributed by atoms with Gasteiger partial charge in [-0.1, -0.05) is 0 Å². The zero-order chi connectivity index (χ0) is 19.7. The molecule has 4 aromatic rings. The number of rotatable bonds is 5. The summed E-state index contributed by atoms with van der Waals surface area (Å²) in [6, 6.07) is 11.4. The lowest BCUT2D eigenvalue weighted by Crippen LogP contribution is -2.13. The first kappa shape index (κ1) is 17.9. The number of aromatic nitrogens is 3. The molecule has 0 atom stereocenters. The number of benzene rings is 2. The molecule has 2 aromatic heterocycles. The van der Waals surface area contributed by atoms with Crippen molar-refractivity contribution in [3.05, 3.63) is 66.7 Å². The third-order valence-electron chi connectivity index (χ3n) is 4.18. The van der Waals surface area contributed by atoms with Crippen molar-refractivity contribution in [3.63, 3.8) is 0 Å². The van der Waals surface area contributed by atoms with E-state index in [0.717, 1.165) is 5.39 Å². The van der Waals surface area contributed by atoms with Crippen LogP contribution in [-0.4, -0.2) is 30.7 Å². The van der Waals surface area contributed by atoms with Gasteiger partial charge in [-0.15, -0.1) is 0 Å². The Kier molecular flexibility index (Phi) is 4.44. The Morgan fingerprint density at radius 3 is 2.61 bits per heavy atom. The van der Waals surface area contributed by atoms with E-state index >= 15 is 0 Å². The molecule has 0 saturated heterocycles. The van der Waals surface area contributed by atoms with Crippen LogP contribution in [0.15, 0.2) is 65.8 Å². The van der Waals surface area contributed by atoms with Crippen LogP contribution in [0.3, 0.4) is 0 Å². The molecule has 0 spiro atoms. The molecule has 7 nitrogen and oxygen atoms in total. The zero-order valence-electron chi connectivity index (χ0n) is 14.7. The van der Waals surface area contributed by atoms with Crippen molar-refractivity contribution in [3.8, 4) is 16.9 Å².